The van der Waals surface area contributed by atoms with Crippen LogP contribution in [0.3, 0.4) is 0 Å². The van der Waals surface area contributed by atoms with Crippen LogP contribution in [0, 0.1) is 17.8 Å². The summed E-state index contributed by atoms with van der Waals surface area (Å²) in [5.41, 5.74) is 6.58. The summed E-state index contributed by atoms with van der Waals surface area (Å²) in [6.07, 6.45) is 2.11. The van der Waals surface area contributed by atoms with Crippen LogP contribution in [0.5, 0.6) is 0 Å². The van der Waals surface area contributed by atoms with Crippen LogP contribution in [0.15, 0.2) is 18.2 Å². The van der Waals surface area contributed by atoms with Gasteiger partial charge in [0, 0.05) is 17.2 Å². The molecule has 0 bridgehead atoms. The third-order valence-corrected chi connectivity index (χ3v) is 3.58. The lowest BCUT2D eigenvalue weighted by Gasteiger charge is -2.33. The molecule has 0 radical (unpaired) electrons. The highest BCUT2D eigenvalue weighted by Gasteiger charge is 2.26. The fourth-order valence-electron chi connectivity index (χ4n) is 2.19. The van der Waals surface area contributed by atoms with E-state index >= 15 is 0 Å². The third kappa shape index (κ3) is 3.50. The Morgan fingerprint density at radius 1 is 1.53 bits per heavy atom. The van der Waals surface area contributed by atoms with Gasteiger partial charge in [-0.2, -0.15) is 0 Å². The van der Waals surface area contributed by atoms with Crippen molar-refractivity contribution in [2.75, 3.05) is 6.54 Å². The quantitative estimate of drug-likeness (QED) is 0.814. The van der Waals surface area contributed by atoms with Crippen LogP contribution >= 0.6 is 11.6 Å². The molecule has 0 heterocycles. The fourth-order valence-corrected chi connectivity index (χ4v) is 2.42. The molecule has 3 N–H and O–H groups in total. The molecule has 1 aliphatic carbocycles. The van der Waals surface area contributed by atoms with Gasteiger partial charge in [-0.3, -0.25) is 4.79 Å². The zero-order chi connectivity index (χ0) is 13.8. The van der Waals surface area contributed by atoms with Crippen molar-refractivity contribution >= 4 is 17.5 Å². The van der Waals surface area contributed by atoms with E-state index in [0.717, 1.165) is 12.8 Å². The minimum atomic E-state index is -0.0721. The van der Waals surface area contributed by atoms with Gasteiger partial charge >= 0.3 is 0 Å². The summed E-state index contributed by atoms with van der Waals surface area (Å²) in [5.74, 6) is 6.25. The standard InChI is InChI=1S/C15H17ClN2O/c1-10-7-13(8-10)18-15(19)12-5-4-11(3-2-6-17)14(16)9-12/h4-5,9-10,13H,6-8,17H2,1H3,(H,18,19). The number of rotatable bonds is 2. The highest BCUT2D eigenvalue weighted by Crippen LogP contribution is 2.26. The average molecular weight is 277 g/mol. The molecule has 1 fully saturated rings. The molecular formula is C15H17ClN2O. The molecule has 1 saturated carbocycles. The van der Waals surface area contributed by atoms with Gasteiger partial charge in [-0.1, -0.05) is 30.4 Å². The van der Waals surface area contributed by atoms with Crippen molar-refractivity contribution in [3.05, 3.63) is 34.3 Å². The van der Waals surface area contributed by atoms with Gasteiger partial charge < -0.3 is 11.1 Å². The number of nitrogens with two attached hydrogens (primary N) is 1. The third-order valence-electron chi connectivity index (χ3n) is 3.27. The van der Waals surface area contributed by atoms with E-state index in [1.807, 2.05) is 0 Å². The van der Waals surface area contributed by atoms with E-state index in [1.165, 1.54) is 0 Å². The van der Waals surface area contributed by atoms with Gasteiger partial charge in [0.2, 0.25) is 0 Å². The Morgan fingerprint density at radius 3 is 2.84 bits per heavy atom. The van der Waals surface area contributed by atoms with Crippen molar-refractivity contribution in [3.63, 3.8) is 0 Å². The Balaban J connectivity index is 2.04. The molecule has 2 rings (SSSR count). The second-order valence-corrected chi connectivity index (χ2v) is 5.35. The number of halogens is 1. The Hall–Kier alpha value is -1.50. The molecule has 0 spiro atoms. The van der Waals surface area contributed by atoms with E-state index in [1.54, 1.807) is 18.2 Å². The van der Waals surface area contributed by atoms with Crippen molar-refractivity contribution < 1.29 is 4.79 Å². The van der Waals surface area contributed by atoms with E-state index in [0.29, 0.717) is 34.7 Å². The Labute approximate surface area is 118 Å². The maximum absolute atomic E-state index is 12.0. The summed E-state index contributed by atoms with van der Waals surface area (Å²) in [6, 6.07) is 5.45. The van der Waals surface area contributed by atoms with Gasteiger partial charge in [-0.15, -0.1) is 0 Å². The maximum Gasteiger partial charge on any atom is 0.251 e. The first-order valence-corrected chi connectivity index (χ1v) is 6.77. The van der Waals surface area contributed by atoms with Crippen molar-refractivity contribution in [2.24, 2.45) is 11.7 Å². The minimum Gasteiger partial charge on any atom is -0.349 e. The highest BCUT2D eigenvalue weighted by atomic mass is 35.5. The van der Waals surface area contributed by atoms with Crippen LogP contribution < -0.4 is 11.1 Å². The van der Waals surface area contributed by atoms with Gasteiger partial charge in [0.15, 0.2) is 0 Å². The molecule has 100 valence electrons. The SMILES string of the molecule is CC1CC(NC(=O)c2ccc(C#CCN)c(Cl)c2)C1. The van der Waals surface area contributed by atoms with Crippen LogP contribution in [-0.2, 0) is 0 Å². The van der Waals surface area contributed by atoms with Crippen molar-refractivity contribution in [3.8, 4) is 11.8 Å². The highest BCUT2D eigenvalue weighted by molar-refractivity contribution is 6.32. The van der Waals surface area contributed by atoms with Gasteiger partial charge in [-0.25, -0.2) is 0 Å². The van der Waals surface area contributed by atoms with Crippen LogP contribution in [0.4, 0.5) is 0 Å². The van der Waals surface area contributed by atoms with Gasteiger partial charge in [-0.05, 0) is 37.0 Å². The lowest BCUT2D eigenvalue weighted by Crippen LogP contribution is -2.43. The molecule has 0 saturated heterocycles. The predicted octanol–water partition coefficient (Wildman–Crippen LogP) is 2.18. The van der Waals surface area contributed by atoms with Crippen LogP contribution in [-0.4, -0.2) is 18.5 Å². The minimum absolute atomic E-state index is 0.0721. The molecule has 1 amide bonds. The summed E-state index contributed by atoms with van der Waals surface area (Å²) in [7, 11) is 0. The van der Waals surface area contributed by atoms with Crippen LogP contribution in [0.2, 0.25) is 5.02 Å². The van der Waals surface area contributed by atoms with E-state index < -0.39 is 0 Å². The molecule has 1 aromatic carbocycles. The van der Waals surface area contributed by atoms with Crippen molar-refractivity contribution in [2.45, 2.75) is 25.8 Å². The first kappa shape index (κ1) is 13.9. The molecule has 3 nitrogen and oxygen atoms in total. The number of amides is 1. The van der Waals surface area contributed by atoms with Gasteiger partial charge in [0.05, 0.1) is 11.6 Å². The van der Waals surface area contributed by atoms with Crippen molar-refractivity contribution in [1.29, 1.82) is 0 Å². The predicted molar refractivity (Wildman–Crippen MR) is 77.0 cm³/mol. The van der Waals surface area contributed by atoms with Gasteiger partial charge in [0.25, 0.3) is 5.91 Å². The summed E-state index contributed by atoms with van der Waals surface area (Å²) in [6.45, 7) is 2.48. The number of carbonyl (C=O) groups is 1. The van der Waals surface area contributed by atoms with E-state index in [-0.39, 0.29) is 5.91 Å². The topological polar surface area (TPSA) is 55.1 Å². The van der Waals surface area contributed by atoms with Crippen LogP contribution in [0.25, 0.3) is 0 Å². The molecule has 1 aliphatic rings. The largest absolute Gasteiger partial charge is 0.349 e. The fraction of sp³-hybridized carbons (Fsp3) is 0.400. The lowest BCUT2D eigenvalue weighted by molar-refractivity contribution is 0.0896. The zero-order valence-corrected chi connectivity index (χ0v) is 11.6. The average Bonchev–Trinajstić information content (AvgIpc) is 2.35. The maximum atomic E-state index is 12.0. The van der Waals surface area contributed by atoms with E-state index in [9.17, 15) is 4.79 Å². The molecule has 19 heavy (non-hydrogen) atoms. The monoisotopic (exact) mass is 276 g/mol. The Morgan fingerprint density at radius 2 is 2.26 bits per heavy atom. The Kier molecular flexibility index (Phi) is 4.47. The molecule has 0 aliphatic heterocycles. The number of hydrogen-bond acceptors (Lipinski definition) is 2. The molecular weight excluding hydrogens is 260 g/mol. The normalized spacial score (nSPS) is 21.0. The molecule has 1 aromatic rings. The number of hydrogen-bond donors (Lipinski definition) is 2. The first-order chi connectivity index (χ1) is 9.10. The molecule has 0 aromatic heterocycles. The lowest BCUT2D eigenvalue weighted by atomic mass is 9.82. The molecule has 0 atom stereocenters. The van der Waals surface area contributed by atoms with Crippen LogP contribution in [0.1, 0.15) is 35.7 Å². The molecule has 0 unspecified atom stereocenters. The number of benzene rings is 1. The summed E-state index contributed by atoms with van der Waals surface area (Å²) >= 11 is 6.09. The summed E-state index contributed by atoms with van der Waals surface area (Å²) in [5, 5.41) is 3.48. The summed E-state index contributed by atoms with van der Waals surface area (Å²) in [4.78, 5) is 12.0. The smallest absolute Gasteiger partial charge is 0.251 e. The second kappa shape index (κ2) is 6.10. The van der Waals surface area contributed by atoms with Gasteiger partial charge in [0.1, 0.15) is 0 Å². The summed E-state index contributed by atoms with van der Waals surface area (Å²) < 4.78 is 0. The number of nitrogens with one attached hydrogen (secondary N) is 1. The van der Waals surface area contributed by atoms with E-state index in [4.69, 9.17) is 17.3 Å². The van der Waals surface area contributed by atoms with E-state index in [2.05, 4.69) is 24.1 Å². The Bertz CT molecular complexity index is 539. The first-order valence-electron chi connectivity index (χ1n) is 6.39. The number of carbonyl (C=O) groups excluding carboxylic acids is 1. The van der Waals surface area contributed by atoms with Crippen molar-refractivity contribution in [1.82, 2.24) is 5.32 Å². The zero-order valence-electron chi connectivity index (χ0n) is 10.9. The molecule has 4 heteroatoms. The second-order valence-electron chi connectivity index (χ2n) is 4.95.